The number of ether oxygens (including phenoxy) is 2. The summed E-state index contributed by atoms with van der Waals surface area (Å²) < 4.78 is 9.89. The molecule has 0 N–H and O–H groups in total. The number of ketones is 1. The second-order valence-electron chi connectivity index (χ2n) is 3.25. The van der Waals surface area contributed by atoms with E-state index < -0.39 is 11.8 Å². The van der Waals surface area contributed by atoms with Crippen molar-refractivity contribution in [1.82, 2.24) is 0 Å². The largest absolute Gasteiger partial charge is 0.493 e. The lowest BCUT2D eigenvalue weighted by atomic mass is 10.1. The standard InChI is InChI=1S/C12H12Cl2O4/c1-3-17-10-6-9(14)8(13)5-7(10)11(15)12(16)18-4-2/h5-6H,3-4H2,1-2H3. The molecule has 0 aliphatic rings. The van der Waals surface area contributed by atoms with Crippen molar-refractivity contribution in [3.05, 3.63) is 27.7 Å². The molecule has 18 heavy (non-hydrogen) atoms. The van der Waals surface area contributed by atoms with E-state index in [4.69, 9.17) is 27.9 Å². The van der Waals surface area contributed by atoms with Crippen molar-refractivity contribution in [3.8, 4) is 5.75 Å². The Labute approximate surface area is 115 Å². The fourth-order valence-electron chi connectivity index (χ4n) is 1.29. The van der Waals surface area contributed by atoms with Gasteiger partial charge in [0.2, 0.25) is 0 Å². The second-order valence-corrected chi connectivity index (χ2v) is 4.06. The highest BCUT2D eigenvalue weighted by molar-refractivity contribution is 6.45. The van der Waals surface area contributed by atoms with Crippen molar-refractivity contribution in [2.45, 2.75) is 13.8 Å². The zero-order chi connectivity index (χ0) is 13.7. The van der Waals surface area contributed by atoms with Crippen LogP contribution in [0, 0.1) is 0 Å². The van der Waals surface area contributed by atoms with E-state index in [1.54, 1.807) is 13.8 Å². The molecule has 0 aromatic heterocycles. The van der Waals surface area contributed by atoms with Crippen molar-refractivity contribution >= 4 is 35.0 Å². The van der Waals surface area contributed by atoms with Crippen LogP contribution in [0.25, 0.3) is 0 Å². The minimum absolute atomic E-state index is 0.0460. The van der Waals surface area contributed by atoms with Crippen LogP contribution in [0.15, 0.2) is 12.1 Å². The van der Waals surface area contributed by atoms with E-state index in [-0.39, 0.29) is 28.0 Å². The molecule has 98 valence electrons. The monoisotopic (exact) mass is 290 g/mol. The average Bonchev–Trinajstić information content (AvgIpc) is 2.33. The zero-order valence-electron chi connectivity index (χ0n) is 9.96. The summed E-state index contributed by atoms with van der Waals surface area (Å²) in [6.45, 7) is 3.82. The van der Waals surface area contributed by atoms with Crippen LogP contribution in [0.1, 0.15) is 24.2 Å². The van der Waals surface area contributed by atoms with Crippen LogP contribution in [0.5, 0.6) is 5.75 Å². The van der Waals surface area contributed by atoms with E-state index in [1.807, 2.05) is 0 Å². The lowest BCUT2D eigenvalue weighted by molar-refractivity contribution is -0.137. The quantitative estimate of drug-likeness (QED) is 0.475. The SMILES string of the molecule is CCOC(=O)C(=O)c1cc(Cl)c(Cl)cc1OCC. The molecule has 0 aliphatic carbocycles. The van der Waals surface area contributed by atoms with Crippen LogP contribution in [0.2, 0.25) is 10.0 Å². The van der Waals surface area contributed by atoms with Crippen molar-refractivity contribution in [2.75, 3.05) is 13.2 Å². The summed E-state index contributed by atoms with van der Waals surface area (Å²) in [7, 11) is 0. The van der Waals surface area contributed by atoms with Crippen molar-refractivity contribution in [2.24, 2.45) is 0 Å². The predicted octanol–water partition coefficient (Wildman–Crippen LogP) is 3.14. The van der Waals surface area contributed by atoms with Crippen molar-refractivity contribution in [1.29, 1.82) is 0 Å². The fourth-order valence-corrected chi connectivity index (χ4v) is 1.60. The summed E-state index contributed by atoms with van der Waals surface area (Å²) in [4.78, 5) is 23.2. The zero-order valence-corrected chi connectivity index (χ0v) is 11.5. The molecule has 1 aromatic rings. The number of carbonyl (C=O) groups is 2. The lowest BCUT2D eigenvalue weighted by Gasteiger charge is -2.10. The van der Waals surface area contributed by atoms with Gasteiger partial charge in [0.1, 0.15) is 5.75 Å². The Morgan fingerprint density at radius 1 is 1.11 bits per heavy atom. The maximum absolute atomic E-state index is 11.8. The van der Waals surface area contributed by atoms with E-state index in [0.717, 1.165) is 0 Å². The van der Waals surface area contributed by atoms with Gasteiger partial charge in [0, 0.05) is 6.07 Å². The summed E-state index contributed by atoms with van der Waals surface area (Å²) in [6.07, 6.45) is 0. The Morgan fingerprint density at radius 3 is 2.28 bits per heavy atom. The first-order valence-corrected chi connectivity index (χ1v) is 6.10. The molecule has 0 aliphatic heterocycles. The first-order chi connectivity index (χ1) is 8.51. The molecule has 0 radical (unpaired) electrons. The molecule has 0 fully saturated rings. The number of Topliss-reactive ketones (excluding diaryl/α,β-unsaturated/α-hetero) is 1. The summed E-state index contributed by atoms with van der Waals surface area (Å²) in [5, 5.41) is 0.424. The summed E-state index contributed by atoms with van der Waals surface area (Å²) in [6, 6.07) is 2.70. The van der Waals surface area contributed by atoms with E-state index in [1.165, 1.54) is 12.1 Å². The summed E-state index contributed by atoms with van der Waals surface area (Å²) >= 11 is 11.6. The molecule has 1 aromatic carbocycles. The van der Waals surface area contributed by atoms with Gasteiger partial charge in [0.15, 0.2) is 0 Å². The molecule has 0 saturated carbocycles. The van der Waals surface area contributed by atoms with Crippen molar-refractivity contribution in [3.63, 3.8) is 0 Å². The Kier molecular flexibility index (Phi) is 5.44. The number of carbonyl (C=O) groups excluding carboxylic acids is 2. The van der Waals surface area contributed by atoms with Crippen LogP contribution >= 0.6 is 23.2 Å². The second kappa shape index (κ2) is 6.61. The molecule has 0 heterocycles. The van der Waals surface area contributed by atoms with Crippen LogP contribution in [0.3, 0.4) is 0 Å². The van der Waals surface area contributed by atoms with Crippen LogP contribution in [0.4, 0.5) is 0 Å². The Hall–Kier alpha value is -1.26. The molecule has 4 nitrogen and oxygen atoms in total. The molecule has 0 unspecified atom stereocenters. The third-order valence-electron chi connectivity index (χ3n) is 2.03. The molecule has 0 bridgehead atoms. The van der Waals surface area contributed by atoms with Gasteiger partial charge in [-0.25, -0.2) is 4.79 Å². The topological polar surface area (TPSA) is 52.6 Å². The van der Waals surface area contributed by atoms with Gasteiger partial charge in [-0.2, -0.15) is 0 Å². The number of hydrogen-bond donors (Lipinski definition) is 0. The van der Waals surface area contributed by atoms with Crippen LogP contribution < -0.4 is 4.74 Å². The molecule has 0 saturated heterocycles. The maximum Gasteiger partial charge on any atom is 0.379 e. The Morgan fingerprint density at radius 2 is 1.72 bits per heavy atom. The first kappa shape index (κ1) is 14.8. The molecule has 0 spiro atoms. The van der Waals surface area contributed by atoms with Gasteiger partial charge in [0.25, 0.3) is 5.78 Å². The normalized spacial score (nSPS) is 10.0. The average molecular weight is 291 g/mol. The van der Waals surface area contributed by atoms with Crippen LogP contribution in [-0.2, 0) is 9.53 Å². The summed E-state index contributed by atoms with van der Waals surface area (Å²) in [5.74, 6) is -1.54. The predicted molar refractivity (Wildman–Crippen MR) is 68.6 cm³/mol. The van der Waals surface area contributed by atoms with E-state index >= 15 is 0 Å². The van der Waals surface area contributed by atoms with Gasteiger partial charge in [-0.05, 0) is 19.9 Å². The van der Waals surface area contributed by atoms with Crippen molar-refractivity contribution < 1.29 is 19.1 Å². The Balaban J connectivity index is 3.17. The number of halogens is 2. The van der Waals surface area contributed by atoms with Crippen LogP contribution in [-0.4, -0.2) is 25.0 Å². The smallest absolute Gasteiger partial charge is 0.379 e. The van der Waals surface area contributed by atoms with E-state index in [0.29, 0.717) is 6.61 Å². The number of esters is 1. The number of benzene rings is 1. The maximum atomic E-state index is 11.8. The molecular weight excluding hydrogens is 279 g/mol. The molecule has 0 atom stereocenters. The Bertz CT molecular complexity index is 471. The fraction of sp³-hybridized carbons (Fsp3) is 0.333. The molecular formula is C12H12Cl2O4. The molecule has 0 amide bonds. The van der Waals surface area contributed by atoms with Gasteiger partial charge in [-0.3, -0.25) is 4.79 Å². The van der Waals surface area contributed by atoms with Gasteiger partial charge in [-0.1, -0.05) is 23.2 Å². The highest BCUT2D eigenvalue weighted by atomic mass is 35.5. The van der Waals surface area contributed by atoms with E-state index in [2.05, 4.69) is 4.74 Å². The molecule has 1 rings (SSSR count). The third kappa shape index (κ3) is 3.37. The highest BCUT2D eigenvalue weighted by Gasteiger charge is 2.23. The first-order valence-electron chi connectivity index (χ1n) is 5.34. The molecule has 6 heteroatoms. The highest BCUT2D eigenvalue weighted by Crippen LogP contribution is 2.31. The third-order valence-corrected chi connectivity index (χ3v) is 2.75. The number of rotatable bonds is 5. The van der Waals surface area contributed by atoms with Gasteiger partial charge in [0.05, 0.1) is 28.8 Å². The van der Waals surface area contributed by atoms with Gasteiger partial charge >= 0.3 is 5.97 Å². The summed E-state index contributed by atoms with van der Waals surface area (Å²) in [5.41, 5.74) is 0.0460. The van der Waals surface area contributed by atoms with Gasteiger partial charge < -0.3 is 9.47 Å². The number of hydrogen-bond acceptors (Lipinski definition) is 4. The minimum Gasteiger partial charge on any atom is -0.493 e. The minimum atomic E-state index is -0.947. The van der Waals surface area contributed by atoms with Gasteiger partial charge in [-0.15, -0.1) is 0 Å². The lowest BCUT2D eigenvalue weighted by Crippen LogP contribution is -2.18. The van der Waals surface area contributed by atoms with E-state index in [9.17, 15) is 9.59 Å².